The highest BCUT2D eigenvalue weighted by atomic mass is 32.2. The highest BCUT2D eigenvalue weighted by Crippen LogP contribution is 2.31. The van der Waals surface area contributed by atoms with E-state index in [4.69, 9.17) is 9.47 Å². The monoisotopic (exact) mass is 524 g/mol. The van der Waals surface area contributed by atoms with E-state index < -0.39 is 49.1 Å². The van der Waals surface area contributed by atoms with Gasteiger partial charge in [-0.25, -0.2) is 22.3 Å². The summed E-state index contributed by atoms with van der Waals surface area (Å²) in [5, 5.41) is 9.36. The molecule has 1 unspecified atom stereocenters. The summed E-state index contributed by atoms with van der Waals surface area (Å²) in [7, 11) is -7.82. The van der Waals surface area contributed by atoms with Crippen molar-refractivity contribution in [3.8, 4) is 11.5 Å². The van der Waals surface area contributed by atoms with Gasteiger partial charge in [0.1, 0.15) is 11.5 Å². The van der Waals surface area contributed by atoms with Crippen molar-refractivity contribution >= 4 is 19.9 Å². The third-order valence-corrected chi connectivity index (χ3v) is 8.79. The van der Waals surface area contributed by atoms with Crippen molar-refractivity contribution in [2.75, 3.05) is 37.8 Å². The molecule has 14 heteroatoms. The van der Waals surface area contributed by atoms with Crippen molar-refractivity contribution in [2.45, 2.75) is 17.1 Å². The van der Waals surface area contributed by atoms with Crippen LogP contribution in [0.15, 0.2) is 53.4 Å². The van der Waals surface area contributed by atoms with E-state index in [-0.39, 0.29) is 42.7 Å². The van der Waals surface area contributed by atoms with Gasteiger partial charge >= 0.3 is 6.18 Å². The number of nitrogens with one attached hydrogen (secondary N) is 1. The first kappa shape index (κ1) is 26.4. The molecule has 0 spiro atoms. The largest absolute Gasteiger partial charge is 0.457 e. The minimum Gasteiger partial charge on any atom is -0.457 e. The lowest BCUT2D eigenvalue weighted by Gasteiger charge is -2.27. The first-order valence-corrected chi connectivity index (χ1v) is 13.3. The Kier molecular flexibility index (Phi) is 8.21. The third-order valence-electron chi connectivity index (χ3n) is 4.98. The number of hydroxylamine groups is 1. The first-order chi connectivity index (χ1) is 15.9. The van der Waals surface area contributed by atoms with E-state index in [2.05, 4.69) is 0 Å². The molecule has 0 aliphatic carbocycles. The molecule has 1 aliphatic heterocycles. The van der Waals surface area contributed by atoms with Crippen molar-refractivity contribution in [2.24, 2.45) is 0 Å². The van der Waals surface area contributed by atoms with E-state index in [0.717, 1.165) is 24.3 Å². The SMILES string of the molecule is O=S(=O)(CC(CS(=O)(=O)N1CCOCC1)NO)c1ccc(Oc2ccc(C(F)(F)F)cc2)cc1. The van der Waals surface area contributed by atoms with Crippen molar-refractivity contribution in [3.05, 3.63) is 54.1 Å². The molecule has 9 nitrogen and oxygen atoms in total. The Labute approximate surface area is 195 Å². The molecule has 0 aromatic heterocycles. The van der Waals surface area contributed by atoms with Crippen molar-refractivity contribution < 1.29 is 44.7 Å². The molecular weight excluding hydrogens is 501 g/mol. The Bertz CT molecular complexity index is 1160. The van der Waals surface area contributed by atoms with Gasteiger partial charge < -0.3 is 14.7 Å². The lowest BCUT2D eigenvalue weighted by atomic mass is 10.2. The van der Waals surface area contributed by atoms with Crippen LogP contribution in [0, 0.1) is 0 Å². The van der Waals surface area contributed by atoms with Gasteiger partial charge in [-0.05, 0) is 48.5 Å². The van der Waals surface area contributed by atoms with Crippen LogP contribution in [0.5, 0.6) is 11.5 Å². The van der Waals surface area contributed by atoms with E-state index >= 15 is 0 Å². The minimum atomic E-state index is -4.47. The Morgan fingerprint density at radius 3 is 1.97 bits per heavy atom. The highest BCUT2D eigenvalue weighted by molar-refractivity contribution is 7.91. The maximum atomic E-state index is 12.7. The molecule has 1 heterocycles. The van der Waals surface area contributed by atoms with Gasteiger partial charge in [0, 0.05) is 13.1 Å². The molecule has 2 N–H and O–H groups in total. The quantitative estimate of drug-likeness (QED) is 0.479. The first-order valence-electron chi connectivity index (χ1n) is 10.0. The average Bonchev–Trinajstić information content (AvgIpc) is 2.79. The molecular formula is C20H23F3N2O7S2. The van der Waals surface area contributed by atoms with E-state index in [0.29, 0.717) is 0 Å². The summed E-state index contributed by atoms with van der Waals surface area (Å²) < 4.78 is 100. The summed E-state index contributed by atoms with van der Waals surface area (Å²) in [6, 6.07) is 7.80. The van der Waals surface area contributed by atoms with E-state index in [1.165, 1.54) is 28.6 Å². The van der Waals surface area contributed by atoms with Gasteiger partial charge in [-0.2, -0.15) is 17.5 Å². The fraction of sp³-hybridized carbons (Fsp3) is 0.400. The summed E-state index contributed by atoms with van der Waals surface area (Å²) in [5.74, 6) is -1.00. The van der Waals surface area contributed by atoms with Crippen LogP contribution < -0.4 is 10.2 Å². The number of hydrogen-bond donors (Lipinski definition) is 2. The van der Waals surface area contributed by atoms with Gasteiger partial charge in [0.05, 0.1) is 41.2 Å². The lowest BCUT2D eigenvalue weighted by molar-refractivity contribution is -0.137. The second kappa shape index (κ2) is 10.6. The van der Waals surface area contributed by atoms with Crippen molar-refractivity contribution in [1.29, 1.82) is 0 Å². The number of nitrogens with zero attached hydrogens (tertiary/aromatic N) is 1. The lowest BCUT2D eigenvalue weighted by Crippen LogP contribution is -2.47. The van der Waals surface area contributed by atoms with E-state index in [1.807, 2.05) is 0 Å². The number of benzene rings is 2. The number of alkyl halides is 3. The molecule has 1 aliphatic rings. The maximum absolute atomic E-state index is 12.7. The smallest absolute Gasteiger partial charge is 0.416 e. The van der Waals surface area contributed by atoms with Crippen LogP contribution in [0.4, 0.5) is 13.2 Å². The van der Waals surface area contributed by atoms with E-state index in [9.17, 15) is 35.2 Å². The summed E-state index contributed by atoms with van der Waals surface area (Å²) in [4.78, 5) is -0.142. The highest BCUT2D eigenvalue weighted by Gasteiger charge is 2.31. The van der Waals surface area contributed by atoms with Crippen molar-refractivity contribution in [3.63, 3.8) is 0 Å². The number of sulfone groups is 1. The van der Waals surface area contributed by atoms with Gasteiger partial charge in [-0.3, -0.25) is 0 Å². The third kappa shape index (κ3) is 6.90. The van der Waals surface area contributed by atoms with E-state index in [1.54, 1.807) is 5.48 Å². The van der Waals surface area contributed by atoms with Gasteiger partial charge in [0.15, 0.2) is 9.84 Å². The molecule has 0 amide bonds. The predicted molar refractivity (Wildman–Crippen MR) is 115 cm³/mol. The zero-order valence-electron chi connectivity index (χ0n) is 17.7. The molecule has 1 atom stereocenters. The Morgan fingerprint density at radius 1 is 0.941 bits per heavy atom. The molecule has 2 aromatic carbocycles. The summed E-state index contributed by atoms with van der Waals surface area (Å²) >= 11 is 0. The molecule has 34 heavy (non-hydrogen) atoms. The fourth-order valence-corrected chi connectivity index (χ4v) is 6.46. The summed E-state index contributed by atoms with van der Waals surface area (Å²) in [6.45, 7) is 0.756. The van der Waals surface area contributed by atoms with Gasteiger partial charge in [-0.1, -0.05) is 0 Å². The zero-order valence-corrected chi connectivity index (χ0v) is 19.4. The second-order valence-electron chi connectivity index (χ2n) is 7.49. The Hall–Kier alpha value is -2.23. The summed E-state index contributed by atoms with van der Waals surface area (Å²) in [6.07, 6.45) is -4.47. The Balaban J connectivity index is 1.65. The van der Waals surface area contributed by atoms with Crippen molar-refractivity contribution in [1.82, 2.24) is 9.79 Å². The van der Waals surface area contributed by atoms with Gasteiger partial charge in [0.2, 0.25) is 10.0 Å². The number of ether oxygens (including phenoxy) is 2. The number of sulfonamides is 1. The van der Waals surface area contributed by atoms with Crippen LogP contribution in [-0.4, -0.2) is 70.2 Å². The van der Waals surface area contributed by atoms with Crippen LogP contribution in [0.1, 0.15) is 5.56 Å². The number of halogens is 3. The topological polar surface area (TPSA) is 122 Å². The summed E-state index contributed by atoms with van der Waals surface area (Å²) in [5.41, 5.74) is 0.932. The molecule has 0 radical (unpaired) electrons. The molecule has 0 bridgehead atoms. The molecule has 1 fully saturated rings. The average molecular weight is 525 g/mol. The normalized spacial score (nSPS) is 16.8. The van der Waals surface area contributed by atoms with Crippen LogP contribution in [-0.2, 0) is 30.8 Å². The molecule has 0 saturated carbocycles. The van der Waals surface area contributed by atoms with Crippen LogP contribution >= 0.6 is 0 Å². The number of rotatable bonds is 9. The Morgan fingerprint density at radius 2 is 1.47 bits per heavy atom. The fourth-order valence-electron chi connectivity index (χ4n) is 3.23. The van der Waals surface area contributed by atoms with Crippen LogP contribution in [0.2, 0.25) is 0 Å². The molecule has 2 aromatic rings. The maximum Gasteiger partial charge on any atom is 0.416 e. The zero-order chi connectivity index (χ0) is 25.0. The standard InChI is InChI=1S/C20H23F3N2O7S2/c21-20(22,23)15-1-3-17(4-2-15)32-18-5-7-19(8-6-18)33(27,28)13-16(24-26)14-34(29,30)25-9-11-31-12-10-25/h1-8,16,24,26H,9-14H2. The number of hydrogen-bond acceptors (Lipinski definition) is 8. The predicted octanol–water partition coefficient (Wildman–Crippen LogP) is 2.28. The molecule has 188 valence electrons. The van der Waals surface area contributed by atoms with Crippen LogP contribution in [0.3, 0.4) is 0 Å². The molecule has 3 rings (SSSR count). The van der Waals surface area contributed by atoms with Gasteiger partial charge in [0.25, 0.3) is 0 Å². The molecule has 1 saturated heterocycles. The van der Waals surface area contributed by atoms with Crippen LogP contribution in [0.25, 0.3) is 0 Å². The van der Waals surface area contributed by atoms with Gasteiger partial charge in [-0.15, -0.1) is 0 Å². The minimum absolute atomic E-state index is 0.126. The number of morpholine rings is 1. The second-order valence-corrected chi connectivity index (χ2v) is 11.5.